The van der Waals surface area contributed by atoms with Gasteiger partial charge in [-0.15, -0.1) is 0 Å². The predicted octanol–water partition coefficient (Wildman–Crippen LogP) is 1.18. The monoisotopic (exact) mass is 395 g/mol. The summed E-state index contributed by atoms with van der Waals surface area (Å²) in [5.74, 6) is 2.56. The molecular weight excluding hydrogens is 370 g/mol. The largest absolute Gasteiger partial charge is 0.396 e. The number of piperidine rings is 1. The minimum Gasteiger partial charge on any atom is -0.396 e. The van der Waals surface area contributed by atoms with Gasteiger partial charge in [0.1, 0.15) is 18.0 Å². The van der Waals surface area contributed by atoms with E-state index in [0.717, 1.165) is 43.3 Å². The van der Waals surface area contributed by atoms with Gasteiger partial charge in [-0.3, -0.25) is 0 Å². The summed E-state index contributed by atoms with van der Waals surface area (Å²) in [5.41, 5.74) is 0.899. The molecule has 1 aliphatic rings. The second kappa shape index (κ2) is 9.28. The summed E-state index contributed by atoms with van der Waals surface area (Å²) < 4.78 is 1.66. The van der Waals surface area contributed by atoms with E-state index in [1.807, 2.05) is 36.4 Å². The Morgan fingerprint density at radius 3 is 2.83 bits per heavy atom. The second-order valence-electron chi connectivity index (χ2n) is 7.00. The third-order valence-electron chi connectivity index (χ3n) is 4.94. The molecule has 0 spiro atoms. The van der Waals surface area contributed by atoms with Gasteiger partial charge in [0.25, 0.3) is 0 Å². The number of hydrogen-bond acceptors (Lipinski definition) is 9. The zero-order chi connectivity index (χ0) is 19.9. The van der Waals surface area contributed by atoms with Crippen LogP contribution in [0.3, 0.4) is 0 Å². The summed E-state index contributed by atoms with van der Waals surface area (Å²) in [4.78, 5) is 10.9. The summed E-state index contributed by atoms with van der Waals surface area (Å²) in [6.45, 7) is 3.29. The lowest BCUT2D eigenvalue weighted by Gasteiger charge is -2.32. The van der Waals surface area contributed by atoms with Gasteiger partial charge in [-0.25, -0.2) is 9.97 Å². The average molecular weight is 395 g/mol. The number of aliphatic hydroxyl groups excluding tert-OH is 1. The minimum atomic E-state index is 0.223. The van der Waals surface area contributed by atoms with Gasteiger partial charge in [-0.2, -0.15) is 4.68 Å². The first-order chi connectivity index (χ1) is 14.3. The molecule has 3 N–H and O–H groups in total. The number of hydrogen-bond donors (Lipinski definition) is 3. The number of benzene rings is 1. The van der Waals surface area contributed by atoms with Crippen LogP contribution in [0.15, 0.2) is 42.7 Å². The van der Waals surface area contributed by atoms with Crippen molar-refractivity contribution in [3.63, 3.8) is 0 Å². The first-order valence-corrected chi connectivity index (χ1v) is 9.83. The van der Waals surface area contributed by atoms with E-state index in [4.69, 9.17) is 0 Å². The van der Waals surface area contributed by atoms with Crippen LogP contribution >= 0.6 is 0 Å². The fourth-order valence-electron chi connectivity index (χ4n) is 3.44. The van der Waals surface area contributed by atoms with E-state index in [9.17, 15) is 5.11 Å². The van der Waals surface area contributed by atoms with Crippen LogP contribution in [0.5, 0.6) is 0 Å². The summed E-state index contributed by atoms with van der Waals surface area (Å²) in [6.07, 6.45) is 3.71. The zero-order valence-corrected chi connectivity index (χ0v) is 16.1. The van der Waals surface area contributed by atoms with E-state index < -0.39 is 0 Å². The van der Waals surface area contributed by atoms with Crippen LogP contribution in [0.1, 0.15) is 12.8 Å². The van der Waals surface area contributed by atoms with Crippen molar-refractivity contribution >= 4 is 17.6 Å². The normalized spacial score (nSPS) is 16.6. The van der Waals surface area contributed by atoms with Crippen LogP contribution < -0.4 is 15.5 Å². The molecule has 2 aromatic heterocycles. The molecule has 1 aliphatic heterocycles. The zero-order valence-electron chi connectivity index (χ0n) is 16.1. The van der Waals surface area contributed by atoms with Crippen molar-refractivity contribution in [3.8, 4) is 5.69 Å². The maximum Gasteiger partial charge on any atom is 0.247 e. The first kappa shape index (κ1) is 19.1. The lowest BCUT2D eigenvalue weighted by Crippen LogP contribution is -2.37. The van der Waals surface area contributed by atoms with Crippen molar-refractivity contribution in [2.45, 2.75) is 12.8 Å². The van der Waals surface area contributed by atoms with Gasteiger partial charge in [0.15, 0.2) is 0 Å². The average Bonchev–Trinajstić information content (AvgIpc) is 3.26. The molecule has 1 aromatic carbocycles. The van der Waals surface area contributed by atoms with E-state index >= 15 is 0 Å². The molecular formula is C19H25N9O. The van der Waals surface area contributed by atoms with E-state index in [2.05, 4.69) is 41.0 Å². The SMILES string of the molecule is OCC1CCCN(c2cc(NCCNc3nnnn3-c3ccccc3)ncn2)C1. The van der Waals surface area contributed by atoms with Crippen molar-refractivity contribution in [1.29, 1.82) is 0 Å². The van der Waals surface area contributed by atoms with Crippen LogP contribution in [-0.2, 0) is 0 Å². The lowest BCUT2D eigenvalue weighted by atomic mass is 9.99. The number of aromatic nitrogens is 6. The maximum absolute atomic E-state index is 9.43. The summed E-state index contributed by atoms with van der Waals surface area (Å²) in [6, 6.07) is 11.7. The van der Waals surface area contributed by atoms with Crippen molar-refractivity contribution < 1.29 is 5.11 Å². The number of aliphatic hydroxyl groups is 1. The third-order valence-corrected chi connectivity index (χ3v) is 4.94. The smallest absolute Gasteiger partial charge is 0.247 e. The Kier molecular flexibility index (Phi) is 6.10. The van der Waals surface area contributed by atoms with Gasteiger partial charge in [0.05, 0.1) is 5.69 Å². The number of para-hydroxylation sites is 1. The Bertz CT molecular complexity index is 901. The Morgan fingerprint density at radius 1 is 1.10 bits per heavy atom. The molecule has 1 saturated heterocycles. The fraction of sp³-hybridized carbons (Fsp3) is 0.421. The quantitative estimate of drug-likeness (QED) is 0.483. The van der Waals surface area contributed by atoms with E-state index in [0.29, 0.717) is 25.0 Å². The fourth-order valence-corrected chi connectivity index (χ4v) is 3.44. The topological polar surface area (TPSA) is 117 Å². The van der Waals surface area contributed by atoms with Crippen LogP contribution in [0.25, 0.3) is 5.69 Å². The lowest BCUT2D eigenvalue weighted by molar-refractivity contribution is 0.208. The Morgan fingerprint density at radius 2 is 1.97 bits per heavy atom. The minimum absolute atomic E-state index is 0.223. The van der Waals surface area contributed by atoms with Gasteiger partial charge >= 0.3 is 0 Å². The second-order valence-corrected chi connectivity index (χ2v) is 7.00. The van der Waals surface area contributed by atoms with Gasteiger partial charge in [0, 0.05) is 38.9 Å². The third kappa shape index (κ3) is 4.77. The van der Waals surface area contributed by atoms with Crippen molar-refractivity contribution in [3.05, 3.63) is 42.7 Å². The Labute approximate surface area is 169 Å². The molecule has 1 atom stereocenters. The standard InChI is InChI=1S/C19H25N9O/c29-13-15-5-4-10-27(12-15)18-11-17(22-14-23-18)20-8-9-21-19-24-25-26-28(19)16-6-2-1-3-7-16/h1-3,6-7,11,14-15,29H,4-5,8-10,12-13H2,(H,20,22,23)(H,21,24,26). The van der Waals surface area contributed by atoms with Crippen molar-refractivity contribution in [2.24, 2.45) is 5.92 Å². The highest BCUT2D eigenvalue weighted by Crippen LogP contribution is 2.22. The molecule has 10 heteroatoms. The van der Waals surface area contributed by atoms with Crippen LogP contribution in [0.2, 0.25) is 0 Å². The van der Waals surface area contributed by atoms with Crippen LogP contribution in [0, 0.1) is 5.92 Å². The highest BCUT2D eigenvalue weighted by atomic mass is 16.3. The summed E-state index contributed by atoms with van der Waals surface area (Å²) >= 11 is 0. The van der Waals surface area contributed by atoms with Crippen molar-refractivity contribution in [2.75, 3.05) is 48.3 Å². The molecule has 0 saturated carbocycles. The molecule has 1 fully saturated rings. The van der Waals surface area contributed by atoms with Crippen molar-refractivity contribution in [1.82, 2.24) is 30.2 Å². The number of nitrogens with zero attached hydrogens (tertiary/aromatic N) is 7. The molecule has 10 nitrogen and oxygen atoms in total. The van der Waals surface area contributed by atoms with Gasteiger partial charge in [0.2, 0.25) is 5.95 Å². The first-order valence-electron chi connectivity index (χ1n) is 9.83. The number of anilines is 3. The number of rotatable bonds is 8. The maximum atomic E-state index is 9.43. The molecule has 0 radical (unpaired) electrons. The Balaban J connectivity index is 1.30. The molecule has 1 unspecified atom stereocenters. The molecule has 3 heterocycles. The molecule has 152 valence electrons. The molecule has 4 rings (SSSR count). The van der Waals surface area contributed by atoms with Gasteiger partial charge in [-0.05, 0) is 41.3 Å². The van der Waals surface area contributed by atoms with E-state index in [1.165, 1.54) is 0 Å². The highest BCUT2D eigenvalue weighted by molar-refractivity contribution is 5.49. The number of nitrogens with one attached hydrogen (secondary N) is 2. The highest BCUT2D eigenvalue weighted by Gasteiger charge is 2.20. The van der Waals surface area contributed by atoms with E-state index in [-0.39, 0.29) is 6.61 Å². The van der Waals surface area contributed by atoms with E-state index in [1.54, 1.807) is 11.0 Å². The summed E-state index contributed by atoms with van der Waals surface area (Å²) in [7, 11) is 0. The molecule has 0 bridgehead atoms. The van der Waals surface area contributed by atoms with Crippen LogP contribution in [0.4, 0.5) is 17.6 Å². The van der Waals surface area contributed by atoms with Gasteiger partial charge < -0.3 is 20.6 Å². The van der Waals surface area contributed by atoms with Gasteiger partial charge in [-0.1, -0.05) is 23.3 Å². The molecule has 0 aliphatic carbocycles. The number of tetrazole rings is 1. The molecule has 0 amide bonds. The Hall–Kier alpha value is -3.27. The molecule has 3 aromatic rings. The summed E-state index contributed by atoms with van der Waals surface area (Å²) in [5, 5.41) is 27.8. The van der Waals surface area contributed by atoms with Crippen LogP contribution in [-0.4, -0.2) is 68.1 Å². The predicted molar refractivity (Wildman–Crippen MR) is 110 cm³/mol. The molecule has 29 heavy (non-hydrogen) atoms.